The van der Waals surface area contributed by atoms with E-state index in [1.807, 2.05) is 0 Å². The molecule has 1 heterocycles. The van der Waals surface area contributed by atoms with Crippen LogP contribution < -0.4 is 10.6 Å². The van der Waals surface area contributed by atoms with Crippen molar-refractivity contribution in [3.8, 4) is 0 Å². The Bertz CT molecular complexity index is 373. The second-order valence-corrected chi connectivity index (χ2v) is 6.62. The van der Waals surface area contributed by atoms with Gasteiger partial charge in [0.05, 0.1) is 12.0 Å². The Morgan fingerprint density at radius 3 is 2.76 bits per heavy atom. The van der Waals surface area contributed by atoms with Crippen LogP contribution in [0.2, 0.25) is 0 Å². The average molecular weight is 296 g/mol. The largest absolute Gasteiger partial charge is 0.481 e. The quantitative estimate of drug-likeness (QED) is 0.654. The van der Waals surface area contributed by atoms with Crippen molar-refractivity contribution in [3.05, 3.63) is 0 Å². The molecule has 0 spiro atoms. The number of carbonyl (C=O) groups excluding carboxylic acids is 1. The van der Waals surface area contributed by atoms with Crippen molar-refractivity contribution in [1.82, 2.24) is 10.6 Å². The number of piperidine rings is 1. The van der Waals surface area contributed by atoms with Crippen LogP contribution in [0.3, 0.4) is 0 Å². The van der Waals surface area contributed by atoms with E-state index in [1.54, 1.807) is 6.92 Å². The Kier molecular flexibility index (Phi) is 6.03. The van der Waals surface area contributed by atoms with Crippen molar-refractivity contribution in [2.45, 2.75) is 70.4 Å². The molecule has 0 aromatic carbocycles. The highest BCUT2D eigenvalue weighted by Gasteiger charge is 2.34. The van der Waals surface area contributed by atoms with E-state index in [2.05, 4.69) is 10.6 Å². The number of fused-ring (bicyclic) bond motifs is 1. The van der Waals surface area contributed by atoms with E-state index in [4.69, 9.17) is 5.11 Å². The SMILES string of the molecule is CC(CCCNC(=O)C1CCC2CCCCC2N1)C(=O)O. The van der Waals surface area contributed by atoms with Crippen molar-refractivity contribution < 1.29 is 14.7 Å². The molecule has 0 bridgehead atoms. The summed E-state index contributed by atoms with van der Waals surface area (Å²) in [5.41, 5.74) is 0. The molecule has 2 aliphatic rings. The predicted octanol–water partition coefficient (Wildman–Crippen LogP) is 1.91. The number of aliphatic carboxylic acids is 1. The fourth-order valence-corrected chi connectivity index (χ4v) is 3.57. The standard InChI is InChI=1S/C16H28N2O3/c1-11(16(20)21)5-4-10-17-15(19)14-9-8-12-6-2-3-7-13(12)18-14/h11-14,18H,2-10H2,1H3,(H,17,19)(H,20,21). The average Bonchev–Trinajstić information content (AvgIpc) is 2.50. The maximum absolute atomic E-state index is 12.2. The highest BCUT2D eigenvalue weighted by atomic mass is 16.4. The van der Waals surface area contributed by atoms with Crippen LogP contribution >= 0.6 is 0 Å². The minimum Gasteiger partial charge on any atom is -0.481 e. The summed E-state index contributed by atoms with van der Waals surface area (Å²) >= 11 is 0. The summed E-state index contributed by atoms with van der Waals surface area (Å²) in [6, 6.07) is 0.469. The molecule has 0 aromatic heterocycles. The smallest absolute Gasteiger partial charge is 0.306 e. The minimum absolute atomic E-state index is 0.0544. The molecule has 0 aromatic rings. The normalized spacial score (nSPS) is 30.2. The lowest BCUT2D eigenvalue weighted by Gasteiger charge is -2.39. The number of nitrogens with one attached hydrogen (secondary N) is 2. The first-order valence-corrected chi connectivity index (χ1v) is 8.34. The van der Waals surface area contributed by atoms with Crippen molar-refractivity contribution in [1.29, 1.82) is 0 Å². The minimum atomic E-state index is -0.765. The van der Waals surface area contributed by atoms with Crippen LogP contribution in [-0.4, -0.2) is 35.6 Å². The van der Waals surface area contributed by atoms with Crippen molar-refractivity contribution >= 4 is 11.9 Å². The summed E-state index contributed by atoms with van der Waals surface area (Å²) in [6.45, 7) is 2.28. The third-order valence-electron chi connectivity index (χ3n) is 5.00. The maximum atomic E-state index is 12.2. The van der Waals surface area contributed by atoms with Crippen molar-refractivity contribution in [2.24, 2.45) is 11.8 Å². The third-order valence-corrected chi connectivity index (χ3v) is 5.00. The molecular formula is C16H28N2O3. The molecule has 21 heavy (non-hydrogen) atoms. The van der Waals surface area contributed by atoms with E-state index in [1.165, 1.54) is 25.7 Å². The number of carboxylic acid groups (broad SMARTS) is 1. The zero-order chi connectivity index (χ0) is 15.2. The zero-order valence-corrected chi connectivity index (χ0v) is 12.9. The molecule has 2 fully saturated rings. The molecular weight excluding hydrogens is 268 g/mol. The summed E-state index contributed by atoms with van der Waals surface area (Å²) in [7, 11) is 0. The van der Waals surface area contributed by atoms with Crippen LogP contribution in [0.4, 0.5) is 0 Å². The van der Waals surface area contributed by atoms with Crippen LogP contribution in [0.25, 0.3) is 0 Å². The maximum Gasteiger partial charge on any atom is 0.306 e. The fraction of sp³-hybridized carbons (Fsp3) is 0.875. The first-order valence-electron chi connectivity index (χ1n) is 8.34. The van der Waals surface area contributed by atoms with Gasteiger partial charge in [-0.15, -0.1) is 0 Å². The Labute approximate surface area is 126 Å². The topological polar surface area (TPSA) is 78.4 Å². The van der Waals surface area contributed by atoms with Gasteiger partial charge in [-0.2, -0.15) is 0 Å². The Hall–Kier alpha value is -1.10. The molecule has 4 atom stereocenters. The van der Waals surface area contributed by atoms with Crippen LogP contribution in [0.15, 0.2) is 0 Å². The molecule has 5 nitrogen and oxygen atoms in total. The van der Waals surface area contributed by atoms with Gasteiger partial charge in [0.1, 0.15) is 0 Å². The van der Waals surface area contributed by atoms with E-state index < -0.39 is 5.97 Å². The van der Waals surface area contributed by atoms with Gasteiger partial charge in [-0.1, -0.05) is 19.8 Å². The van der Waals surface area contributed by atoms with Crippen LogP contribution in [0.5, 0.6) is 0 Å². The third kappa shape index (κ3) is 4.70. The first kappa shape index (κ1) is 16.3. The molecule has 1 aliphatic carbocycles. The lowest BCUT2D eigenvalue weighted by atomic mass is 9.77. The lowest BCUT2D eigenvalue weighted by Crippen LogP contribution is -2.55. The molecule has 3 N–H and O–H groups in total. The van der Waals surface area contributed by atoms with Gasteiger partial charge in [0.25, 0.3) is 0 Å². The van der Waals surface area contributed by atoms with Gasteiger partial charge in [0, 0.05) is 12.6 Å². The molecule has 0 radical (unpaired) electrons. The zero-order valence-electron chi connectivity index (χ0n) is 12.9. The highest BCUT2D eigenvalue weighted by molar-refractivity contribution is 5.81. The van der Waals surface area contributed by atoms with Crippen molar-refractivity contribution in [3.63, 3.8) is 0 Å². The predicted molar refractivity (Wildman–Crippen MR) is 80.9 cm³/mol. The second-order valence-electron chi connectivity index (χ2n) is 6.62. The first-order chi connectivity index (χ1) is 10.1. The number of carbonyl (C=O) groups is 2. The van der Waals surface area contributed by atoms with Gasteiger partial charge in [0.2, 0.25) is 5.91 Å². The summed E-state index contributed by atoms with van der Waals surface area (Å²) in [5, 5.41) is 15.3. The van der Waals surface area contributed by atoms with Gasteiger partial charge in [-0.05, 0) is 44.4 Å². The van der Waals surface area contributed by atoms with Crippen LogP contribution in [0, 0.1) is 11.8 Å². The summed E-state index contributed by atoms with van der Waals surface area (Å²) in [6.07, 6.45) is 8.53. The number of carboxylic acids is 1. The van der Waals surface area contributed by atoms with E-state index in [0.29, 0.717) is 19.0 Å². The number of hydrogen-bond acceptors (Lipinski definition) is 3. The van der Waals surface area contributed by atoms with Gasteiger partial charge < -0.3 is 15.7 Å². The molecule has 1 saturated heterocycles. The van der Waals surface area contributed by atoms with Gasteiger partial charge in [0.15, 0.2) is 0 Å². The highest BCUT2D eigenvalue weighted by Crippen LogP contribution is 2.32. The van der Waals surface area contributed by atoms with E-state index in [9.17, 15) is 9.59 Å². The molecule has 2 rings (SSSR count). The number of hydrogen-bond donors (Lipinski definition) is 3. The van der Waals surface area contributed by atoms with Gasteiger partial charge in [-0.25, -0.2) is 0 Å². The number of amides is 1. The van der Waals surface area contributed by atoms with Crippen LogP contribution in [-0.2, 0) is 9.59 Å². The Morgan fingerprint density at radius 2 is 2.00 bits per heavy atom. The number of rotatable bonds is 6. The molecule has 4 unspecified atom stereocenters. The van der Waals surface area contributed by atoms with E-state index in [-0.39, 0.29) is 17.9 Å². The monoisotopic (exact) mass is 296 g/mol. The van der Waals surface area contributed by atoms with Gasteiger partial charge in [-0.3, -0.25) is 9.59 Å². The van der Waals surface area contributed by atoms with Crippen molar-refractivity contribution in [2.75, 3.05) is 6.54 Å². The molecule has 1 saturated carbocycles. The summed E-state index contributed by atoms with van der Waals surface area (Å²) in [4.78, 5) is 22.9. The second kappa shape index (κ2) is 7.78. The van der Waals surface area contributed by atoms with Crippen LogP contribution in [0.1, 0.15) is 58.3 Å². The Balaban J connectivity index is 1.65. The molecule has 1 amide bonds. The van der Waals surface area contributed by atoms with E-state index in [0.717, 1.165) is 25.2 Å². The molecule has 120 valence electrons. The van der Waals surface area contributed by atoms with E-state index >= 15 is 0 Å². The summed E-state index contributed by atoms with van der Waals surface area (Å²) < 4.78 is 0. The fourth-order valence-electron chi connectivity index (χ4n) is 3.57. The Morgan fingerprint density at radius 1 is 1.24 bits per heavy atom. The molecule has 1 aliphatic heterocycles. The van der Waals surface area contributed by atoms with Gasteiger partial charge >= 0.3 is 5.97 Å². The lowest BCUT2D eigenvalue weighted by molar-refractivity contribution is -0.141. The molecule has 5 heteroatoms. The summed E-state index contributed by atoms with van der Waals surface area (Å²) in [5.74, 6) is -0.252.